The molecular weight excluding hydrogens is 461 g/mol. The summed E-state index contributed by atoms with van der Waals surface area (Å²) in [6.45, 7) is 5.80. The number of halogens is 1. The minimum Gasteiger partial charge on any atom is -0.490 e. The van der Waals surface area contributed by atoms with Crippen LogP contribution < -0.4 is 20.1 Å². The summed E-state index contributed by atoms with van der Waals surface area (Å²) in [5.41, 5.74) is -0.358. The molecule has 8 heteroatoms. The van der Waals surface area contributed by atoms with E-state index in [9.17, 15) is 5.11 Å². The first-order valence-corrected chi connectivity index (χ1v) is 8.80. The van der Waals surface area contributed by atoms with E-state index in [1.165, 1.54) is 6.26 Å². The Morgan fingerprint density at radius 3 is 2.70 bits per heavy atom. The monoisotopic (exact) mass is 487 g/mol. The van der Waals surface area contributed by atoms with Crippen LogP contribution >= 0.6 is 24.0 Å². The Kier molecular flexibility index (Phi) is 7.78. The molecule has 0 spiro atoms. The number of nitrogens with one attached hydrogen (secondary N) is 2. The van der Waals surface area contributed by atoms with E-state index in [1.54, 1.807) is 19.1 Å². The maximum atomic E-state index is 10.6. The highest BCUT2D eigenvalue weighted by Gasteiger charge is 2.26. The maximum absolute atomic E-state index is 10.6. The normalized spacial score (nSPS) is 15.9. The van der Waals surface area contributed by atoms with E-state index >= 15 is 0 Å². The Bertz CT molecular complexity index is 747. The lowest BCUT2D eigenvalue weighted by Gasteiger charge is -2.19. The van der Waals surface area contributed by atoms with Gasteiger partial charge >= 0.3 is 0 Å². The third kappa shape index (κ3) is 5.77. The number of nitrogens with zero attached hydrogens (tertiary/aromatic N) is 1. The second-order valence-electron chi connectivity index (χ2n) is 6.28. The van der Waals surface area contributed by atoms with Gasteiger partial charge in [-0.3, -0.25) is 0 Å². The molecule has 3 N–H and O–H groups in total. The molecule has 1 unspecified atom stereocenters. The van der Waals surface area contributed by atoms with Gasteiger partial charge in [-0.15, -0.1) is 24.0 Å². The quantitative estimate of drug-likeness (QED) is 0.341. The molecule has 0 aliphatic carbocycles. The minimum absolute atomic E-state index is 0. The van der Waals surface area contributed by atoms with E-state index in [4.69, 9.17) is 13.9 Å². The number of aliphatic hydroxyl groups is 1. The molecule has 0 radical (unpaired) electrons. The van der Waals surface area contributed by atoms with Crippen LogP contribution in [-0.2, 0) is 5.60 Å². The predicted molar refractivity (Wildman–Crippen MR) is 115 cm³/mol. The summed E-state index contributed by atoms with van der Waals surface area (Å²) in [6.07, 6.45) is 2.40. The molecule has 1 aromatic carbocycles. The Morgan fingerprint density at radius 1 is 1.22 bits per heavy atom. The third-order valence-electron chi connectivity index (χ3n) is 3.95. The second kappa shape index (κ2) is 9.84. The van der Waals surface area contributed by atoms with Crippen LogP contribution in [0, 0.1) is 0 Å². The first-order chi connectivity index (χ1) is 12.6. The number of aliphatic imine (C=N–C) groups is 1. The van der Waals surface area contributed by atoms with Gasteiger partial charge in [-0.2, -0.15) is 0 Å². The van der Waals surface area contributed by atoms with Crippen LogP contribution in [0.2, 0.25) is 0 Å². The molecule has 7 nitrogen and oxygen atoms in total. The van der Waals surface area contributed by atoms with Crippen molar-refractivity contribution in [1.29, 1.82) is 0 Å². The molecule has 1 aliphatic rings. The lowest BCUT2D eigenvalue weighted by molar-refractivity contribution is 0.0438. The fourth-order valence-electron chi connectivity index (χ4n) is 2.58. The number of fused-ring (bicyclic) bond motifs is 1. The number of furan rings is 1. The molecule has 0 saturated carbocycles. The number of benzene rings is 1. The highest BCUT2D eigenvalue weighted by Crippen LogP contribution is 2.32. The number of hydrogen-bond donors (Lipinski definition) is 3. The molecule has 1 atom stereocenters. The summed E-state index contributed by atoms with van der Waals surface area (Å²) in [6, 6.07) is 9.16. The zero-order valence-corrected chi connectivity index (χ0v) is 17.9. The maximum Gasteiger partial charge on any atom is 0.195 e. The molecule has 27 heavy (non-hydrogen) atoms. The highest BCUT2D eigenvalue weighted by atomic mass is 127. The average Bonchev–Trinajstić information content (AvgIpc) is 3.08. The van der Waals surface area contributed by atoms with E-state index in [0.717, 1.165) is 17.9 Å². The molecule has 2 aromatic rings. The highest BCUT2D eigenvalue weighted by molar-refractivity contribution is 14.0. The third-order valence-corrected chi connectivity index (χ3v) is 3.95. The van der Waals surface area contributed by atoms with Crippen LogP contribution in [0.15, 0.2) is 46.0 Å². The molecular formula is C19H26IN3O4. The first-order valence-electron chi connectivity index (χ1n) is 8.80. The molecule has 0 fully saturated rings. The summed E-state index contributed by atoms with van der Waals surface area (Å²) < 4.78 is 16.7. The van der Waals surface area contributed by atoms with Crippen LogP contribution in [-0.4, -0.2) is 37.4 Å². The predicted octanol–water partition coefficient (Wildman–Crippen LogP) is 3.34. The smallest absolute Gasteiger partial charge is 0.195 e. The molecule has 148 valence electrons. The molecule has 0 amide bonds. The van der Waals surface area contributed by atoms with Crippen molar-refractivity contribution < 1.29 is 19.0 Å². The standard InChI is InChI=1S/C19H25N3O4.HI/c1-3-20-18(21-13-19(2,23)17-6-4-9-26-17)22-14-7-8-15-16(12-14)25-11-5-10-24-15;/h4,6-9,12,23H,3,5,10-11,13H2,1-2H3,(H2,20,21,22);1H. The summed E-state index contributed by atoms with van der Waals surface area (Å²) in [4.78, 5) is 4.48. The van der Waals surface area contributed by atoms with Gasteiger partial charge < -0.3 is 29.6 Å². The van der Waals surface area contributed by atoms with E-state index in [-0.39, 0.29) is 30.5 Å². The van der Waals surface area contributed by atoms with Crippen LogP contribution in [0.5, 0.6) is 11.5 Å². The van der Waals surface area contributed by atoms with Gasteiger partial charge in [-0.05, 0) is 38.1 Å². The minimum atomic E-state index is -1.18. The van der Waals surface area contributed by atoms with Crippen molar-refractivity contribution in [2.45, 2.75) is 25.9 Å². The zero-order valence-electron chi connectivity index (χ0n) is 15.5. The summed E-state index contributed by atoms with van der Waals surface area (Å²) in [5, 5.41) is 17.0. The van der Waals surface area contributed by atoms with Crippen molar-refractivity contribution in [1.82, 2.24) is 5.32 Å². The van der Waals surface area contributed by atoms with Gasteiger partial charge in [0.25, 0.3) is 0 Å². The molecule has 1 aliphatic heterocycles. The largest absolute Gasteiger partial charge is 0.490 e. The van der Waals surface area contributed by atoms with Crippen LogP contribution in [0.25, 0.3) is 0 Å². The molecule has 3 rings (SSSR count). The van der Waals surface area contributed by atoms with Crippen LogP contribution in [0.3, 0.4) is 0 Å². The fraction of sp³-hybridized carbons (Fsp3) is 0.421. The van der Waals surface area contributed by atoms with Crippen LogP contribution in [0.1, 0.15) is 26.0 Å². The summed E-state index contributed by atoms with van der Waals surface area (Å²) in [7, 11) is 0. The van der Waals surface area contributed by atoms with Crippen molar-refractivity contribution in [3.05, 3.63) is 42.4 Å². The van der Waals surface area contributed by atoms with E-state index in [2.05, 4.69) is 15.6 Å². The molecule has 0 bridgehead atoms. The van der Waals surface area contributed by atoms with Gasteiger partial charge in [0.1, 0.15) is 11.4 Å². The first kappa shape index (κ1) is 21.4. The topological polar surface area (TPSA) is 88.3 Å². The Labute approximate surface area is 176 Å². The van der Waals surface area contributed by atoms with Crippen molar-refractivity contribution in [2.24, 2.45) is 4.99 Å². The van der Waals surface area contributed by atoms with E-state index in [0.29, 0.717) is 37.2 Å². The van der Waals surface area contributed by atoms with Crippen molar-refractivity contribution in [2.75, 3.05) is 31.6 Å². The van der Waals surface area contributed by atoms with Gasteiger partial charge in [-0.1, -0.05) is 0 Å². The van der Waals surface area contributed by atoms with Crippen molar-refractivity contribution >= 4 is 35.6 Å². The SMILES string of the molecule is CCNC(=NCC(C)(O)c1ccco1)Nc1ccc2c(c1)OCCCO2.I. The zero-order chi connectivity index (χ0) is 18.4. The number of anilines is 1. The number of hydrogen-bond acceptors (Lipinski definition) is 5. The molecule has 0 saturated heterocycles. The van der Waals surface area contributed by atoms with E-state index in [1.807, 2.05) is 25.1 Å². The lowest BCUT2D eigenvalue weighted by atomic mass is 10.0. The number of ether oxygens (including phenoxy) is 2. The van der Waals surface area contributed by atoms with Crippen molar-refractivity contribution in [3.8, 4) is 11.5 Å². The van der Waals surface area contributed by atoms with Crippen molar-refractivity contribution in [3.63, 3.8) is 0 Å². The van der Waals surface area contributed by atoms with Crippen LogP contribution in [0.4, 0.5) is 5.69 Å². The average molecular weight is 487 g/mol. The van der Waals surface area contributed by atoms with Gasteiger partial charge in [0.2, 0.25) is 0 Å². The number of rotatable bonds is 5. The van der Waals surface area contributed by atoms with Gasteiger partial charge in [0.05, 0.1) is 26.0 Å². The Morgan fingerprint density at radius 2 is 2.00 bits per heavy atom. The molecule has 1 aromatic heterocycles. The fourth-order valence-corrected chi connectivity index (χ4v) is 2.58. The molecule has 2 heterocycles. The summed E-state index contributed by atoms with van der Waals surface area (Å²) >= 11 is 0. The Hall–Kier alpha value is -1.94. The number of guanidine groups is 1. The summed E-state index contributed by atoms with van der Waals surface area (Å²) in [5.74, 6) is 2.50. The van der Waals surface area contributed by atoms with E-state index < -0.39 is 5.60 Å². The van der Waals surface area contributed by atoms with Gasteiger partial charge in [0, 0.05) is 24.7 Å². The second-order valence-corrected chi connectivity index (χ2v) is 6.28. The van der Waals surface area contributed by atoms with Gasteiger partial charge in [0.15, 0.2) is 17.5 Å². The lowest BCUT2D eigenvalue weighted by Crippen LogP contribution is -2.33. The van der Waals surface area contributed by atoms with Gasteiger partial charge in [-0.25, -0.2) is 4.99 Å². The Balaban J connectivity index is 0.00000261.